The van der Waals surface area contributed by atoms with E-state index in [9.17, 15) is 0 Å². The SMILES string of the molecule is [c]1cc2nn[c]cc2cn1. The van der Waals surface area contributed by atoms with E-state index in [-0.39, 0.29) is 0 Å². The Morgan fingerprint density at radius 2 is 2.20 bits per heavy atom. The number of hydrogen-bond acceptors (Lipinski definition) is 3. The molecule has 0 amide bonds. The summed E-state index contributed by atoms with van der Waals surface area (Å²) in [6.07, 6.45) is 6.97. The molecule has 2 aromatic rings. The van der Waals surface area contributed by atoms with Crippen LogP contribution in [-0.4, -0.2) is 15.2 Å². The molecule has 3 nitrogen and oxygen atoms in total. The van der Waals surface area contributed by atoms with E-state index in [4.69, 9.17) is 0 Å². The third-order valence-corrected chi connectivity index (χ3v) is 1.21. The van der Waals surface area contributed by atoms with Gasteiger partial charge in [0.2, 0.25) is 0 Å². The van der Waals surface area contributed by atoms with Crippen molar-refractivity contribution in [1.29, 1.82) is 0 Å². The predicted octanol–water partition coefficient (Wildman–Crippen LogP) is 0.625. The van der Waals surface area contributed by atoms with Crippen molar-refractivity contribution in [2.24, 2.45) is 0 Å². The fourth-order valence-corrected chi connectivity index (χ4v) is 0.734. The summed E-state index contributed by atoms with van der Waals surface area (Å²) in [4.78, 5) is 3.80. The highest BCUT2D eigenvalue weighted by Crippen LogP contribution is 2.03. The number of aromatic nitrogens is 3. The summed E-state index contributed by atoms with van der Waals surface area (Å²) in [7, 11) is 0. The maximum atomic E-state index is 3.80. The molecule has 10 heavy (non-hydrogen) atoms. The highest BCUT2D eigenvalue weighted by Gasteiger charge is 1.89. The van der Waals surface area contributed by atoms with Gasteiger partial charge >= 0.3 is 0 Å². The minimum atomic E-state index is 0.800. The Morgan fingerprint density at radius 3 is 3.10 bits per heavy atom. The van der Waals surface area contributed by atoms with Crippen LogP contribution >= 0.6 is 0 Å². The third-order valence-electron chi connectivity index (χ3n) is 1.21. The molecule has 0 atom stereocenters. The highest BCUT2D eigenvalue weighted by molar-refractivity contribution is 5.75. The number of fused-ring (bicyclic) bond motifs is 1. The Kier molecular flexibility index (Phi) is 1.07. The van der Waals surface area contributed by atoms with Crippen LogP contribution in [0.15, 0.2) is 18.3 Å². The Balaban J connectivity index is 2.89. The van der Waals surface area contributed by atoms with Gasteiger partial charge in [-0.3, -0.25) is 4.98 Å². The fraction of sp³-hybridized carbons (Fsp3) is 0. The second kappa shape index (κ2) is 2.02. The normalized spacial score (nSPS) is 10.0. The van der Waals surface area contributed by atoms with Gasteiger partial charge in [0.1, 0.15) is 6.20 Å². The molecule has 0 aromatic carbocycles. The van der Waals surface area contributed by atoms with Crippen LogP contribution in [0, 0.1) is 12.4 Å². The van der Waals surface area contributed by atoms with Gasteiger partial charge in [-0.2, -0.15) is 0 Å². The molecule has 0 saturated heterocycles. The predicted molar refractivity (Wildman–Crippen MR) is 35.0 cm³/mol. The largest absolute Gasteiger partial charge is 0.254 e. The molecule has 0 spiro atoms. The van der Waals surface area contributed by atoms with Crippen molar-refractivity contribution in [2.45, 2.75) is 0 Å². The molecule has 0 saturated carbocycles. The molecule has 0 aliphatic carbocycles. The molecule has 0 bridgehead atoms. The van der Waals surface area contributed by atoms with Gasteiger partial charge in [-0.15, -0.1) is 10.2 Å². The van der Waals surface area contributed by atoms with Crippen LogP contribution < -0.4 is 0 Å². The van der Waals surface area contributed by atoms with Gasteiger partial charge in [-0.25, -0.2) is 0 Å². The van der Waals surface area contributed by atoms with Gasteiger partial charge in [0.05, 0.1) is 11.7 Å². The van der Waals surface area contributed by atoms with E-state index in [2.05, 4.69) is 27.6 Å². The maximum absolute atomic E-state index is 3.80. The van der Waals surface area contributed by atoms with Gasteiger partial charge < -0.3 is 0 Å². The van der Waals surface area contributed by atoms with Crippen LogP contribution in [0.5, 0.6) is 0 Å². The standard InChI is InChI=1S/C7H3N3/c1-4-9-10-7-2-3-8-5-6(1)7/h1-2,5H. The van der Waals surface area contributed by atoms with Crippen LogP contribution in [0.25, 0.3) is 10.9 Å². The smallest absolute Gasteiger partial charge is 0.114 e. The van der Waals surface area contributed by atoms with Crippen LogP contribution in [0.2, 0.25) is 0 Å². The summed E-state index contributed by atoms with van der Waals surface area (Å²) in [6, 6.07) is 3.43. The average molecular weight is 129 g/mol. The number of hydrogen-bond donors (Lipinski definition) is 0. The molecule has 0 aliphatic heterocycles. The quantitative estimate of drug-likeness (QED) is 0.523. The lowest BCUT2D eigenvalue weighted by Gasteiger charge is -1.88. The van der Waals surface area contributed by atoms with Crippen LogP contribution in [0.3, 0.4) is 0 Å². The van der Waals surface area contributed by atoms with Gasteiger partial charge in [0, 0.05) is 11.6 Å². The zero-order valence-electron chi connectivity index (χ0n) is 5.07. The Bertz CT molecular complexity index is 280. The summed E-state index contributed by atoms with van der Waals surface area (Å²) >= 11 is 0. The van der Waals surface area contributed by atoms with Crippen molar-refractivity contribution in [2.75, 3.05) is 0 Å². The van der Waals surface area contributed by atoms with Gasteiger partial charge in [0.15, 0.2) is 0 Å². The molecule has 2 rings (SSSR count). The van der Waals surface area contributed by atoms with Gasteiger partial charge in [-0.05, 0) is 12.1 Å². The van der Waals surface area contributed by atoms with E-state index in [1.54, 1.807) is 18.3 Å². The lowest BCUT2D eigenvalue weighted by molar-refractivity contribution is 1.06. The van der Waals surface area contributed by atoms with Crippen molar-refractivity contribution in [3.05, 3.63) is 30.7 Å². The minimum absolute atomic E-state index is 0.800. The third kappa shape index (κ3) is 0.719. The Morgan fingerprint density at radius 1 is 1.20 bits per heavy atom. The lowest BCUT2D eigenvalue weighted by atomic mass is 10.3. The van der Waals surface area contributed by atoms with E-state index in [1.165, 1.54) is 0 Å². The Labute approximate surface area is 57.7 Å². The zero-order chi connectivity index (χ0) is 6.81. The molecule has 0 aliphatic rings. The summed E-state index contributed by atoms with van der Waals surface area (Å²) in [6.45, 7) is 0. The Hall–Kier alpha value is -1.51. The topological polar surface area (TPSA) is 38.7 Å². The molecule has 0 fully saturated rings. The van der Waals surface area contributed by atoms with Gasteiger partial charge in [0.25, 0.3) is 0 Å². The van der Waals surface area contributed by atoms with E-state index in [1.807, 2.05) is 0 Å². The molecule has 46 valence electrons. The first-order chi connectivity index (χ1) is 4.97. The van der Waals surface area contributed by atoms with Crippen LogP contribution in [0.4, 0.5) is 0 Å². The van der Waals surface area contributed by atoms with E-state index in [0.717, 1.165) is 10.9 Å². The average Bonchev–Trinajstić information content (AvgIpc) is 2.05. The molecule has 2 radical (unpaired) electrons. The zero-order valence-corrected chi connectivity index (χ0v) is 5.07. The van der Waals surface area contributed by atoms with E-state index >= 15 is 0 Å². The van der Waals surface area contributed by atoms with Crippen molar-refractivity contribution >= 4 is 10.9 Å². The fourth-order valence-electron chi connectivity index (χ4n) is 0.734. The minimum Gasteiger partial charge on any atom is -0.254 e. The second-order valence-electron chi connectivity index (χ2n) is 1.85. The molecule has 3 heteroatoms. The van der Waals surface area contributed by atoms with Crippen molar-refractivity contribution in [1.82, 2.24) is 15.2 Å². The molecule has 0 N–H and O–H groups in total. The van der Waals surface area contributed by atoms with Gasteiger partial charge in [-0.1, -0.05) is 0 Å². The molecule has 0 unspecified atom stereocenters. The molecule has 2 aromatic heterocycles. The van der Waals surface area contributed by atoms with Crippen LogP contribution in [0.1, 0.15) is 0 Å². The second-order valence-corrected chi connectivity index (χ2v) is 1.85. The lowest BCUT2D eigenvalue weighted by Crippen LogP contribution is -1.82. The molecular weight excluding hydrogens is 126 g/mol. The van der Waals surface area contributed by atoms with Crippen molar-refractivity contribution in [3.63, 3.8) is 0 Å². The summed E-state index contributed by atoms with van der Waals surface area (Å²) in [5.41, 5.74) is 0.800. The van der Waals surface area contributed by atoms with E-state index in [0.29, 0.717) is 0 Å². The molecular formula is C7H3N3. The summed E-state index contributed by atoms with van der Waals surface area (Å²) in [5.74, 6) is 0. The maximum Gasteiger partial charge on any atom is 0.114 e. The summed E-state index contributed by atoms with van der Waals surface area (Å²) in [5, 5.41) is 8.33. The van der Waals surface area contributed by atoms with Crippen molar-refractivity contribution < 1.29 is 0 Å². The van der Waals surface area contributed by atoms with Crippen molar-refractivity contribution in [3.8, 4) is 0 Å². The summed E-state index contributed by atoms with van der Waals surface area (Å²) < 4.78 is 0. The number of nitrogens with zero attached hydrogens (tertiary/aromatic N) is 3. The van der Waals surface area contributed by atoms with Crippen LogP contribution in [-0.2, 0) is 0 Å². The first kappa shape index (κ1) is 5.29. The highest BCUT2D eigenvalue weighted by atomic mass is 15.1. The monoisotopic (exact) mass is 129 g/mol. The number of pyridine rings is 1. The number of rotatable bonds is 0. The van der Waals surface area contributed by atoms with E-state index < -0.39 is 0 Å². The molecule has 2 heterocycles. The first-order valence-corrected chi connectivity index (χ1v) is 2.82. The first-order valence-electron chi connectivity index (χ1n) is 2.82.